The third-order valence-corrected chi connectivity index (χ3v) is 3.77. The Balaban J connectivity index is 5.30. The number of allylic oxidation sites excluding steroid dienone is 4. The van der Waals surface area contributed by atoms with Crippen LogP contribution in [0.4, 0.5) is 0 Å². The lowest BCUT2D eigenvalue weighted by Crippen LogP contribution is -2.32. The maximum atomic E-state index is 5.62. The molecule has 0 aliphatic heterocycles. The second-order valence-electron chi connectivity index (χ2n) is 5.29. The van der Waals surface area contributed by atoms with Crippen molar-refractivity contribution in [2.24, 2.45) is 5.73 Å². The molecule has 0 aromatic rings. The van der Waals surface area contributed by atoms with Crippen LogP contribution in [0.5, 0.6) is 0 Å². The van der Waals surface area contributed by atoms with Gasteiger partial charge >= 0.3 is 0 Å². The quantitative estimate of drug-likeness (QED) is 0.335. The van der Waals surface area contributed by atoms with Gasteiger partial charge in [0, 0.05) is 24.4 Å². The van der Waals surface area contributed by atoms with Gasteiger partial charge in [-0.1, -0.05) is 19.6 Å². The molecule has 4 nitrogen and oxygen atoms in total. The molecule has 0 heterocycles. The van der Waals surface area contributed by atoms with Gasteiger partial charge < -0.3 is 20.1 Å². The van der Waals surface area contributed by atoms with E-state index < -0.39 is 0 Å². The Kier molecular flexibility index (Phi) is 11.9. The lowest BCUT2D eigenvalue weighted by molar-refractivity contribution is 0.265. The fourth-order valence-electron chi connectivity index (χ4n) is 2.45. The second kappa shape index (κ2) is 12.8. The van der Waals surface area contributed by atoms with Gasteiger partial charge in [-0.05, 0) is 51.8 Å². The summed E-state index contributed by atoms with van der Waals surface area (Å²) in [6.45, 7) is 11.9. The van der Waals surface area contributed by atoms with E-state index in [0.717, 1.165) is 38.1 Å². The second-order valence-corrected chi connectivity index (χ2v) is 5.29. The lowest BCUT2D eigenvalue weighted by Gasteiger charge is -2.32. The Hall–Kier alpha value is -1.68. The molecule has 0 amide bonds. The van der Waals surface area contributed by atoms with Gasteiger partial charge in [-0.15, -0.1) is 0 Å². The van der Waals surface area contributed by atoms with Gasteiger partial charge in [0.25, 0.3) is 0 Å². The molecule has 0 spiro atoms. The standard InChI is InChI=1S/C19H34N2O2/c1-7-17(8-2)21(13-11-10-12-20)16(4)14-19(23-6)15-18(9-3)22-5/h7,9,14-16H,3,8,10-13,20H2,1-2,4-6H3/b17-7+,18-15+,19-14+. The van der Waals surface area contributed by atoms with Gasteiger partial charge in [-0.3, -0.25) is 0 Å². The van der Waals surface area contributed by atoms with Crippen molar-refractivity contribution in [1.82, 2.24) is 4.90 Å². The summed E-state index contributed by atoms with van der Waals surface area (Å²) in [6, 6.07) is 0.216. The van der Waals surface area contributed by atoms with Crippen molar-refractivity contribution in [1.29, 1.82) is 0 Å². The zero-order chi connectivity index (χ0) is 17.7. The summed E-state index contributed by atoms with van der Waals surface area (Å²) in [7, 11) is 3.29. The van der Waals surface area contributed by atoms with Crippen LogP contribution in [0.1, 0.15) is 40.0 Å². The summed E-state index contributed by atoms with van der Waals surface area (Å²) in [5.74, 6) is 1.45. The fourth-order valence-corrected chi connectivity index (χ4v) is 2.45. The van der Waals surface area contributed by atoms with Crippen LogP contribution < -0.4 is 5.73 Å². The van der Waals surface area contributed by atoms with E-state index in [2.05, 4.69) is 44.4 Å². The first kappa shape index (κ1) is 21.3. The molecule has 132 valence electrons. The molecule has 1 unspecified atom stereocenters. The third kappa shape index (κ3) is 7.93. The van der Waals surface area contributed by atoms with E-state index in [1.165, 1.54) is 5.70 Å². The van der Waals surface area contributed by atoms with E-state index in [-0.39, 0.29) is 6.04 Å². The van der Waals surface area contributed by atoms with Crippen LogP contribution in [0.3, 0.4) is 0 Å². The molecule has 0 rings (SSSR count). The highest BCUT2D eigenvalue weighted by atomic mass is 16.5. The van der Waals surface area contributed by atoms with Crippen molar-refractivity contribution in [3.8, 4) is 0 Å². The van der Waals surface area contributed by atoms with E-state index >= 15 is 0 Å². The number of hydrogen-bond donors (Lipinski definition) is 1. The number of nitrogens with zero attached hydrogens (tertiary/aromatic N) is 1. The maximum Gasteiger partial charge on any atom is 0.121 e. The Morgan fingerprint density at radius 1 is 1.22 bits per heavy atom. The number of unbranched alkanes of at least 4 members (excludes halogenated alkanes) is 1. The minimum absolute atomic E-state index is 0.216. The van der Waals surface area contributed by atoms with Gasteiger partial charge in [0.15, 0.2) is 0 Å². The Bertz CT molecular complexity index is 425. The largest absolute Gasteiger partial charge is 0.497 e. The molecular formula is C19H34N2O2. The van der Waals surface area contributed by atoms with E-state index in [1.54, 1.807) is 20.3 Å². The molecular weight excluding hydrogens is 288 g/mol. The highest BCUT2D eigenvalue weighted by Crippen LogP contribution is 2.17. The number of nitrogens with two attached hydrogens (primary N) is 1. The molecule has 2 N–H and O–H groups in total. The lowest BCUT2D eigenvalue weighted by atomic mass is 10.1. The van der Waals surface area contributed by atoms with E-state index in [9.17, 15) is 0 Å². The van der Waals surface area contributed by atoms with Crippen LogP contribution in [-0.2, 0) is 9.47 Å². The number of rotatable bonds is 12. The molecule has 0 fully saturated rings. The van der Waals surface area contributed by atoms with Crippen LogP contribution in [0.15, 0.2) is 48.1 Å². The maximum absolute atomic E-state index is 5.62. The van der Waals surface area contributed by atoms with E-state index in [4.69, 9.17) is 15.2 Å². The molecule has 0 radical (unpaired) electrons. The van der Waals surface area contributed by atoms with Crippen molar-refractivity contribution in [3.05, 3.63) is 48.1 Å². The summed E-state index contributed by atoms with van der Waals surface area (Å²) < 4.78 is 10.7. The summed E-state index contributed by atoms with van der Waals surface area (Å²) >= 11 is 0. The minimum atomic E-state index is 0.216. The van der Waals surface area contributed by atoms with Crippen molar-refractivity contribution < 1.29 is 9.47 Å². The molecule has 4 heteroatoms. The van der Waals surface area contributed by atoms with Crippen LogP contribution in [-0.4, -0.2) is 38.3 Å². The van der Waals surface area contributed by atoms with Crippen LogP contribution in [0.2, 0.25) is 0 Å². The number of hydrogen-bond acceptors (Lipinski definition) is 4. The van der Waals surface area contributed by atoms with Crippen molar-refractivity contribution in [2.75, 3.05) is 27.3 Å². The summed E-state index contributed by atoms with van der Waals surface area (Å²) in [5.41, 5.74) is 6.96. The van der Waals surface area contributed by atoms with Crippen LogP contribution in [0, 0.1) is 0 Å². The summed E-state index contributed by atoms with van der Waals surface area (Å²) in [5, 5.41) is 0. The van der Waals surface area contributed by atoms with Gasteiger partial charge in [0.1, 0.15) is 11.5 Å². The van der Waals surface area contributed by atoms with E-state index in [1.807, 2.05) is 6.08 Å². The molecule has 0 aromatic carbocycles. The topological polar surface area (TPSA) is 47.7 Å². The molecule has 0 bridgehead atoms. The van der Waals surface area contributed by atoms with Crippen molar-refractivity contribution in [2.45, 2.75) is 46.1 Å². The van der Waals surface area contributed by atoms with Crippen LogP contribution >= 0.6 is 0 Å². The summed E-state index contributed by atoms with van der Waals surface area (Å²) in [4.78, 5) is 2.41. The SMILES string of the molecule is C=C/C(=C\C(=C/C(C)N(CCCCN)/C(=C/C)CC)OC)OC. The molecule has 1 atom stereocenters. The molecule has 23 heavy (non-hydrogen) atoms. The first-order valence-corrected chi connectivity index (χ1v) is 8.33. The predicted octanol–water partition coefficient (Wildman–Crippen LogP) is 3.98. The molecule has 0 aliphatic carbocycles. The van der Waals surface area contributed by atoms with Crippen LogP contribution in [0.25, 0.3) is 0 Å². The van der Waals surface area contributed by atoms with Crippen molar-refractivity contribution in [3.63, 3.8) is 0 Å². The smallest absolute Gasteiger partial charge is 0.121 e. The third-order valence-electron chi connectivity index (χ3n) is 3.77. The van der Waals surface area contributed by atoms with Gasteiger partial charge in [-0.2, -0.15) is 0 Å². The monoisotopic (exact) mass is 322 g/mol. The first-order chi connectivity index (χ1) is 11.1. The Labute approximate surface area is 142 Å². The van der Waals surface area contributed by atoms with Crippen molar-refractivity contribution >= 4 is 0 Å². The first-order valence-electron chi connectivity index (χ1n) is 8.33. The fraction of sp³-hybridized carbons (Fsp3) is 0.579. The van der Waals surface area contributed by atoms with Gasteiger partial charge in [0.2, 0.25) is 0 Å². The van der Waals surface area contributed by atoms with Gasteiger partial charge in [-0.25, -0.2) is 0 Å². The number of methoxy groups -OCH3 is 2. The Morgan fingerprint density at radius 2 is 1.87 bits per heavy atom. The predicted molar refractivity (Wildman–Crippen MR) is 98.9 cm³/mol. The zero-order valence-corrected chi connectivity index (χ0v) is 15.5. The normalized spacial score (nSPS) is 14.4. The Morgan fingerprint density at radius 3 is 2.30 bits per heavy atom. The zero-order valence-electron chi connectivity index (χ0n) is 15.5. The highest BCUT2D eigenvalue weighted by molar-refractivity contribution is 5.23. The molecule has 0 aromatic heterocycles. The molecule has 0 saturated carbocycles. The molecule has 0 saturated heterocycles. The highest BCUT2D eigenvalue weighted by Gasteiger charge is 2.14. The average Bonchev–Trinajstić information content (AvgIpc) is 2.57. The van der Waals surface area contributed by atoms with Gasteiger partial charge in [0.05, 0.1) is 14.2 Å². The minimum Gasteiger partial charge on any atom is -0.497 e. The average molecular weight is 322 g/mol. The number of ether oxygens (including phenoxy) is 2. The summed E-state index contributed by atoms with van der Waals surface area (Å²) in [6.07, 6.45) is 10.9. The van der Waals surface area contributed by atoms with E-state index in [0.29, 0.717) is 5.76 Å². The molecule has 0 aliphatic rings.